The quantitative estimate of drug-likeness (QED) is 0.813. The number of rotatable bonds is 4. The number of carbonyl (C=O) groups is 2. The van der Waals surface area contributed by atoms with E-state index in [2.05, 4.69) is 21.4 Å². The van der Waals surface area contributed by atoms with Crippen LogP contribution in [0, 0.1) is 12.3 Å². The normalized spacial score (nSPS) is 20.5. The summed E-state index contributed by atoms with van der Waals surface area (Å²) in [5.41, 5.74) is 2.59. The van der Waals surface area contributed by atoms with Gasteiger partial charge in [0.1, 0.15) is 5.69 Å². The summed E-state index contributed by atoms with van der Waals surface area (Å²) in [7, 11) is 0. The van der Waals surface area contributed by atoms with Gasteiger partial charge in [-0.05, 0) is 54.0 Å². The first-order valence-corrected chi connectivity index (χ1v) is 10.3. The van der Waals surface area contributed by atoms with Crippen molar-refractivity contribution in [2.75, 3.05) is 13.1 Å². The van der Waals surface area contributed by atoms with Crippen LogP contribution in [-0.2, 0) is 11.3 Å². The van der Waals surface area contributed by atoms with E-state index in [1.54, 1.807) is 30.7 Å². The molecule has 2 amide bonds. The van der Waals surface area contributed by atoms with Gasteiger partial charge in [0.2, 0.25) is 5.91 Å². The number of likely N-dealkylation sites (tertiary alicyclic amines) is 1. The molecule has 4 rings (SSSR count). The van der Waals surface area contributed by atoms with Gasteiger partial charge in [-0.1, -0.05) is 0 Å². The summed E-state index contributed by atoms with van der Waals surface area (Å²) in [5.74, 6) is 0.0905. The number of hydrogen-bond acceptors (Lipinski definition) is 5. The Balaban J connectivity index is 1.38. The summed E-state index contributed by atoms with van der Waals surface area (Å²) in [4.78, 5) is 37.1. The summed E-state index contributed by atoms with van der Waals surface area (Å²) in [5, 5.41) is 4.16. The highest BCUT2D eigenvalue weighted by Crippen LogP contribution is 2.57. The van der Waals surface area contributed by atoms with Crippen LogP contribution in [0.5, 0.6) is 0 Å². The molecular weight excluding hydrogens is 360 g/mol. The maximum Gasteiger partial charge on any atom is 0.274 e. The minimum atomic E-state index is -0.0451. The molecule has 1 spiro atoms. The predicted octanol–water partition coefficient (Wildman–Crippen LogP) is 2.89. The van der Waals surface area contributed by atoms with Crippen molar-refractivity contribution in [1.82, 2.24) is 19.8 Å². The number of thiophene rings is 1. The van der Waals surface area contributed by atoms with Crippen molar-refractivity contribution in [3.63, 3.8) is 0 Å². The molecule has 1 saturated carbocycles. The molecule has 2 aromatic rings. The first kappa shape index (κ1) is 18.1. The summed E-state index contributed by atoms with van der Waals surface area (Å²) in [6, 6.07) is 2.38. The van der Waals surface area contributed by atoms with Crippen LogP contribution in [0.1, 0.15) is 47.9 Å². The van der Waals surface area contributed by atoms with Crippen molar-refractivity contribution in [1.29, 1.82) is 0 Å². The lowest BCUT2D eigenvalue weighted by molar-refractivity contribution is -0.130. The summed E-state index contributed by atoms with van der Waals surface area (Å²) in [6.45, 7) is 5.64. The monoisotopic (exact) mass is 384 g/mol. The summed E-state index contributed by atoms with van der Waals surface area (Å²) < 4.78 is 0. The molecule has 0 aromatic carbocycles. The minimum Gasteiger partial charge on any atom is -0.337 e. The fourth-order valence-electron chi connectivity index (χ4n) is 4.14. The zero-order valence-corrected chi connectivity index (χ0v) is 16.5. The summed E-state index contributed by atoms with van der Waals surface area (Å²) >= 11 is 1.66. The van der Waals surface area contributed by atoms with E-state index in [4.69, 9.17) is 0 Å². The average molecular weight is 385 g/mol. The van der Waals surface area contributed by atoms with Gasteiger partial charge in [0.05, 0.1) is 11.9 Å². The molecule has 0 N–H and O–H groups in total. The van der Waals surface area contributed by atoms with Crippen LogP contribution in [0.3, 0.4) is 0 Å². The molecule has 1 atom stereocenters. The third-order valence-corrected chi connectivity index (χ3v) is 6.64. The van der Waals surface area contributed by atoms with Gasteiger partial charge in [-0.25, -0.2) is 4.98 Å². The van der Waals surface area contributed by atoms with E-state index >= 15 is 0 Å². The van der Waals surface area contributed by atoms with Crippen molar-refractivity contribution in [2.45, 2.75) is 45.7 Å². The Hall–Kier alpha value is -2.28. The van der Waals surface area contributed by atoms with E-state index < -0.39 is 0 Å². The molecule has 7 heteroatoms. The zero-order chi connectivity index (χ0) is 19.0. The van der Waals surface area contributed by atoms with Crippen LogP contribution in [-0.4, -0.2) is 50.7 Å². The molecule has 2 fully saturated rings. The third kappa shape index (κ3) is 3.60. The second-order valence-electron chi connectivity index (χ2n) is 7.70. The molecule has 1 saturated heterocycles. The van der Waals surface area contributed by atoms with Crippen LogP contribution in [0.15, 0.2) is 29.2 Å². The Morgan fingerprint density at radius 2 is 2.07 bits per heavy atom. The second kappa shape index (κ2) is 7.03. The van der Waals surface area contributed by atoms with Crippen LogP contribution >= 0.6 is 11.3 Å². The van der Waals surface area contributed by atoms with Gasteiger partial charge in [0.25, 0.3) is 5.91 Å². The van der Waals surface area contributed by atoms with E-state index in [0.29, 0.717) is 18.3 Å². The smallest absolute Gasteiger partial charge is 0.274 e. The third-order valence-electron chi connectivity index (χ3n) is 5.91. The molecule has 6 nitrogen and oxygen atoms in total. The van der Waals surface area contributed by atoms with E-state index in [9.17, 15) is 9.59 Å². The highest BCUT2D eigenvalue weighted by Gasteiger charge is 2.58. The van der Waals surface area contributed by atoms with Crippen LogP contribution in [0.2, 0.25) is 0 Å². The van der Waals surface area contributed by atoms with Gasteiger partial charge in [0, 0.05) is 38.8 Å². The second-order valence-corrected chi connectivity index (χ2v) is 8.48. The molecule has 1 aliphatic heterocycles. The molecular formula is C20H24N4O2S. The number of hydrogen-bond donors (Lipinski definition) is 0. The first-order chi connectivity index (χ1) is 13.0. The van der Waals surface area contributed by atoms with Gasteiger partial charge in [0.15, 0.2) is 0 Å². The van der Waals surface area contributed by atoms with E-state index in [1.165, 1.54) is 5.56 Å². The number of aryl methyl sites for hydroxylation is 1. The van der Waals surface area contributed by atoms with Crippen molar-refractivity contribution < 1.29 is 9.59 Å². The maximum absolute atomic E-state index is 12.6. The van der Waals surface area contributed by atoms with Crippen molar-refractivity contribution in [3.05, 3.63) is 46.2 Å². The molecule has 3 heterocycles. The van der Waals surface area contributed by atoms with Crippen molar-refractivity contribution >= 4 is 23.2 Å². The minimum absolute atomic E-state index is 0.0451. The lowest BCUT2D eigenvalue weighted by atomic mass is 9.92. The van der Waals surface area contributed by atoms with Gasteiger partial charge in [-0.2, -0.15) is 11.3 Å². The van der Waals surface area contributed by atoms with Crippen LogP contribution in [0.4, 0.5) is 0 Å². The number of aromatic nitrogens is 2. The molecule has 27 heavy (non-hydrogen) atoms. The zero-order valence-electron chi connectivity index (χ0n) is 15.7. The Morgan fingerprint density at radius 3 is 2.67 bits per heavy atom. The van der Waals surface area contributed by atoms with Gasteiger partial charge < -0.3 is 9.80 Å². The fraction of sp³-hybridized carbons (Fsp3) is 0.500. The number of amides is 2. The largest absolute Gasteiger partial charge is 0.337 e. The Bertz CT molecular complexity index is 826. The van der Waals surface area contributed by atoms with Crippen molar-refractivity contribution in [2.24, 2.45) is 5.41 Å². The fourth-order valence-corrected chi connectivity index (χ4v) is 4.80. The lowest BCUT2D eigenvalue weighted by Gasteiger charge is -2.34. The highest BCUT2D eigenvalue weighted by atomic mass is 32.1. The van der Waals surface area contributed by atoms with E-state index in [1.807, 2.05) is 22.1 Å². The van der Waals surface area contributed by atoms with Crippen LogP contribution < -0.4 is 0 Å². The van der Waals surface area contributed by atoms with Gasteiger partial charge in [-0.3, -0.25) is 14.6 Å². The molecule has 2 aromatic heterocycles. The molecule has 1 aliphatic carbocycles. The molecule has 0 bridgehead atoms. The van der Waals surface area contributed by atoms with Crippen LogP contribution in [0.25, 0.3) is 0 Å². The lowest BCUT2D eigenvalue weighted by Crippen LogP contribution is -2.42. The van der Waals surface area contributed by atoms with E-state index in [0.717, 1.165) is 38.0 Å². The number of carbonyl (C=O) groups excluding carboxylic acids is 2. The van der Waals surface area contributed by atoms with Gasteiger partial charge in [-0.15, -0.1) is 0 Å². The number of nitrogens with zero attached hydrogens (tertiary/aromatic N) is 4. The Morgan fingerprint density at radius 1 is 1.30 bits per heavy atom. The van der Waals surface area contributed by atoms with E-state index in [-0.39, 0.29) is 17.2 Å². The molecule has 0 unspecified atom stereocenters. The molecule has 2 aliphatic rings. The summed E-state index contributed by atoms with van der Waals surface area (Å²) in [6.07, 6.45) is 6.11. The Labute approximate surface area is 163 Å². The molecule has 0 radical (unpaired) electrons. The first-order valence-electron chi connectivity index (χ1n) is 9.35. The topological polar surface area (TPSA) is 66.4 Å². The predicted molar refractivity (Wildman–Crippen MR) is 103 cm³/mol. The molecule has 142 valence electrons. The SMILES string of the molecule is CC(=O)N(Cc1ccsc1)[C@@H]1CC12CCN(C(=O)c1cnc(C)cn1)CC2. The maximum atomic E-state index is 12.6. The average Bonchev–Trinajstić information content (AvgIpc) is 3.09. The highest BCUT2D eigenvalue weighted by molar-refractivity contribution is 7.07. The standard InChI is InChI=1S/C20H24N4O2S/c1-14-10-22-17(11-21-14)19(26)23-6-4-20(5-7-23)9-18(20)24(15(2)25)12-16-3-8-27-13-16/h3,8,10-11,13,18H,4-7,9,12H2,1-2H3/t18-/m1/s1. The Kier molecular flexibility index (Phi) is 4.72. The number of piperidine rings is 1. The van der Waals surface area contributed by atoms with Crippen molar-refractivity contribution in [3.8, 4) is 0 Å². The van der Waals surface area contributed by atoms with Gasteiger partial charge >= 0.3 is 0 Å².